The Labute approximate surface area is 267 Å². The number of ether oxygens (including phenoxy) is 1. The Morgan fingerprint density at radius 3 is 1.53 bits per heavy atom. The van der Waals surface area contributed by atoms with E-state index in [4.69, 9.17) is 31.3 Å². The number of phenols is 1. The van der Waals surface area contributed by atoms with Gasteiger partial charge in [-0.1, -0.05) is 123 Å². The number of hydrogen-bond donors (Lipinski definition) is 1. The topological polar surface area (TPSA) is 85.2 Å². The van der Waals surface area contributed by atoms with E-state index in [1.54, 1.807) is 12.1 Å². The standard InChI is InChI=1S/C38H30ClN3O3/c1-2-9-34(35(39)44)45-31-22-23-32(33(43)24-31)38-41-36(29-18-14-27(15-19-29)25-10-5-3-6-11-25)40-37(42-38)30-20-16-28(17-21-30)26-12-7-4-8-13-26/h3-8,10-24,34,43H,2,9H2,1H3. The van der Waals surface area contributed by atoms with E-state index in [0.29, 0.717) is 35.2 Å². The first-order valence-corrected chi connectivity index (χ1v) is 15.1. The Morgan fingerprint density at radius 1 is 0.644 bits per heavy atom. The summed E-state index contributed by atoms with van der Waals surface area (Å²) in [6, 6.07) is 41.2. The Kier molecular flexibility index (Phi) is 8.94. The molecule has 6 aromatic rings. The maximum Gasteiger partial charge on any atom is 0.262 e. The maximum atomic E-state index is 11.8. The quantitative estimate of drug-likeness (QED) is 0.155. The lowest BCUT2D eigenvalue weighted by Gasteiger charge is -2.15. The van der Waals surface area contributed by atoms with Gasteiger partial charge in [-0.05, 0) is 52.4 Å². The predicted molar refractivity (Wildman–Crippen MR) is 179 cm³/mol. The van der Waals surface area contributed by atoms with Gasteiger partial charge in [0.1, 0.15) is 11.5 Å². The van der Waals surface area contributed by atoms with E-state index in [1.807, 2.05) is 91.9 Å². The average Bonchev–Trinajstić information content (AvgIpc) is 3.09. The van der Waals surface area contributed by atoms with Crippen LogP contribution in [-0.4, -0.2) is 31.4 Å². The molecule has 0 fully saturated rings. The van der Waals surface area contributed by atoms with E-state index in [0.717, 1.165) is 39.8 Å². The lowest BCUT2D eigenvalue weighted by atomic mass is 10.0. The molecular formula is C38H30ClN3O3. The molecule has 0 amide bonds. The van der Waals surface area contributed by atoms with Crippen LogP contribution >= 0.6 is 11.6 Å². The van der Waals surface area contributed by atoms with E-state index in [1.165, 1.54) is 6.07 Å². The molecule has 0 saturated heterocycles. The molecule has 5 aromatic carbocycles. The van der Waals surface area contributed by atoms with E-state index in [2.05, 4.69) is 24.3 Å². The molecule has 1 unspecified atom stereocenters. The fourth-order valence-electron chi connectivity index (χ4n) is 5.06. The third-order valence-corrected chi connectivity index (χ3v) is 7.67. The zero-order valence-electron chi connectivity index (χ0n) is 24.6. The molecule has 0 bridgehead atoms. The number of rotatable bonds is 10. The van der Waals surface area contributed by atoms with Crippen LogP contribution in [-0.2, 0) is 4.79 Å². The smallest absolute Gasteiger partial charge is 0.262 e. The van der Waals surface area contributed by atoms with Gasteiger partial charge in [0.05, 0.1) is 5.56 Å². The average molecular weight is 612 g/mol. The third kappa shape index (κ3) is 6.92. The van der Waals surface area contributed by atoms with Crippen molar-refractivity contribution in [1.29, 1.82) is 0 Å². The van der Waals surface area contributed by atoms with Crippen LogP contribution in [0.1, 0.15) is 19.8 Å². The van der Waals surface area contributed by atoms with Crippen LogP contribution in [0.25, 0.3) is 56.4 Å². The molecular weight excluding hydrogens is 582 g/mol. The number of aromatic nitrogens is 3. The fourth-order valence-corrected chi connectivity index (χ4v) is 5.21. The highest BCUT2D eigenvalue weighted by Crippen LogP contribution is 2.34. The molecule has 0 radical (unpaired) electrons. The number of carbonyl (C=O) groups is 1. The molecule has 0 spiro atoms. The predicted octanol–water partition coefficient (Wildman–Crippen LogP) is 9.23. The summed E-state index contributed by atoms with van der Waals surface area (Å²) in [7, 11) is 0. The van der Waals surface area contributed by atoms with Gasteiger partial charge in [-0.3, -0.25) is 4.79 Å². The van der Waals surface area contributed by atoms with Crippen molar-refractivity contribution in [1.82, 2.24) is 15.0 Å². The fraction of sp³-hybridized carbons (Fsp3) is 0.105. The van der Waals surface area contributed by atoms with Gasteiger partial charge in [-0.2, -0.15) is 0 Å². The van der Waals surface area contributed by atoms with Crippen LogP contribution in [0, 0.1) is 0 Å². The van der Waals surface area contributed by atoms with Crippen molar-refractivity contribution in [3.63, 3.8) is 0 Å². The number of nitrogens with zero attached hydrogens (tertiary/aromatic N) is 3. The van der Waals surface area contributed by atoms with Crippen LogP contribution in [0.5, 0.6) is 11.5 Å². The summed E-state index contributed by atoms with van der Waals surface area (Å²) in [6.45, 7) is 1.94. The molecule has 0 aliphatic carbocycles. The van der Waals surface area contributed by atoms with Crippen molar-refractivity contribution in [2.24, 2.45) is 0 Å². The zero-order chi connectivity index (χ0) is 31.2. The molecule has 0 aliphatic heterocycles. The molecule has 45 heavy (non-hydrogen) atoms. The van der Waals surface area contributed by atoms with Crippen LogP contribution in [0.2, 0.25) is 0 Å². The summed E-state index contributed by atoms with van der Waals surface area (Å²) in [6.07, 6.45) is 0.398. The Balaban J connectivity index is 1.39. The van der Waals surface area contributed by atoms with E-state index in [9.17, 15) is 9.90 Å². The minimum absolute atomic E-state index is 0.0910. The molecule has 6 nitrogen and oxygen atoms in total. The van der Waals surface area contributed by atoms with Crippen molar-refractivity contribution in [2.45, 2.75) is 25.9 Å². The molecule has 6 rings (SSSR count). The highest BCUT2D eigenvalue weighted by atomic mass is 35.5. The van der Waals surface area contributed by atoms with Gasteiger partial charge in [-0.15, -0.1) is 0 Å². The van der Waals surface area contributed by atoms with Crippen LogP contribution in [0.3, 0.4) is 0 Å². The van der Waals surface area contributed by atoms with Crippen LogP contribution in [0.4, 0.5) is 0 Å². The van der Waals surface area contributed by atoms with Crippen molar-refractivity contribution in [2.75, 3.05) is 0 Å². The number of carbonyl (C=O) groups excluding carboxylic acids is 1. The van der Waals surface area contributed by atoms with Gasteiger partial charge >= 0.3 is 0 Å². The zero-order valence-corrected chi connectivity index (χ0v) is 25.4. The van der Waals surface area contributed by atoms with Crippen molar-refractivity contribution in [3.05, 3.63) is 127 Å². The molecule has 1 N–H and O–H groups in total. The van der Waals surface area contributed by atoms with E-state index < -0.39 is 11.3 Å². The normalized spacial score (nSPS) is 11.6. The monoisotopic (exact) mass is 611 g/mol. The second kappa shape index (κ2) is 13.5. The molecule has 0 aliphatic rings. The molecule has 7 heteroatoms. The molecule has 1 aromatic heterocycles. The maximum absolute atomic E-state index is 11.8. The van der Waals surface area contributed by atoms with Crippen LogP contribution in [0.15, 0.2) is 127 Å². The number of halogens is 1. The van der Waals surface area contributed by atoms with Crippen molar-refractivity contribution in [3.8, 4) is 67.9 Å². The lowest BCUT2D eigenvalue weighted by Crippen LogP contribution is -2.23. The minimum Gasteiger partial charge on any atom is -0.507 e. The lowest BCUT2D eigenvalue weighted by molar-refractivity contribution is -0.118. The second-order valence-electron chi connectivity index (χ2n) is 10.6. The molecule has 1 heterocycles. The summed E-state index contributed by atoms with van der Waals surface area (Å²) in [5, 5.41) is 10.5. The molecule has 1 atom stereocenters. The second-order valence-corrected chi connectivity index (χ2v) is 10.9. The third-order valence-electron chi connectivity index (χ3n) is 7.43. The summed E-state index contributed by atoms with van der Waals surface area (Å²) in [4.78, 5) is 26.2. The van der Waals surface area contributed by atoms with E-state index in [-0.39, 0.29) is 5.75 Å². The highest BCUT2D eigenvalue weighted by Gasteiger charge is 2.20. The SMILES string of the molecule is CCCC(Oc1ccc(-c2nc(-c3ccc(-c4ccccc4)cc3)nc(-c3ccc(-c4ccccc4)cc3)n2)c(O)c1)C(=O)Cl. The number of aromatic hydroxyl groups is 1. The summed E-state index contributed by atoms with van der Waals surface area (Å²) in [5.41, 5.74) is 6.41. The number of hydrogen-bond acceptors (Lipinski definition) is 6. The van der Waals surface area contributed by atoms with E-state index >= 15 is 0 Å². The summed E-state index contributed by atoms with van der Waals surface area (Å²) in [5.74, 6) is 1.48. The largest absolute Gasteiger partial charge is 0.507 e. The Morgan fingerprint density at radius 2 is 1.09 bits per heavy atom. The minimum atomic E-state index is -0.796. The van der Waals surface area contributed by atoms with Crippen molar-refractivity contribution < 1.29 is 14.6 Å². The Bertz CT molecular complexity index is 1810. The number of benzene rings is 5. The first-order chi connectivity index (χ1) is 22.0. The first-order valence-electron chi connectivity index (χ1n) is 14.8. The van der Waals surface area contributed by atoms with Crippen molar-refractivity contribution >= 4 is 16.8 Å². The number of phenolic OH excluding ortho intramolecular Hbond substituents is 1. The molecule has 0 saturated carbocycles. The van der Waals surface area contributed by atoms with Gasteiger partial charge in [0.2, 0.25) is 0 Å². The summed E-state index contributed by atoms with van der Waals surface area (Å²) >= 11 is 5.73. The molecule has 222 valence electrons. The Hall–Kier alpha value is -5.33. The van der Waals surface area contributed by atoms with Gasteiger partial charge in [0.15, 0.2) is 23.6 Å². The van der Waals surface area contributed by atoms with Crippen LogP contribution < -0.4 is 4.74 Å². The first kappa shape index (κ1) is 29.7. The van der Waals surface area contributed by atoms with Gasteiger partial charge in [-0.25, -0.2) is 15.0 Å². The summed E-state index contributed by atoms with van der Waals surface area (Å²) < 4.78 is 5.77. The van der Waals surface area contributed by atoms with Gasteiger partial charge in [0.25, 0.3) is 5.24 Å². The van der Waals surface area contributed by atoms with Gasteiger partial charge in [0, 0.05) is 17.2 Å². The highest BCUT2D eigenvalue weighted by molar-refractivity contribution is 6.64. The van der Waals surface area contributed by atoms with Gasteiger partial charge < -0.3 is 9.84 Å².